The van der Waals surface area contributed by atoms with Gasteiger partial charge in [-0.25, -0.2) is 4.98 Å². The fraction of sp³-hybridized carbons (Fsp3) is 0.688. The van der Waals surface area contributed by atoms with Crippen LogP contribution in [0.1, 0.15) is 44.2 Å². The molecular formula is C16H24N4O2. The van der Waals surface area contributed by atoms with Crippen LogP contribution in [-0.4, -0.2) is 53.1 Å². The zero-order valence-corrected chi connectivity index (χ0v) is 13.1. The molecular weight excluding hydrogens is 280 g/mol. The minimum atomic E-state index is 0.166. The molecule has 0 aromatic carbocycles. The van der Waals surface area contributed by atoms with Gasteiger partial charge in [-0.15, -0.1) is 0 Å². The normalized spacial score (nSPS) is 23.3. The predicted molar refractivity (Wildman–Crippen MR) is 83.7 cm³/mol. The van der Waals surface area contributed by atoms with Crippen LogP contribution in [-0.2, 0) is 9.53 Å². The Hall–Kier alpha value is -1.69. The van der Waals surface area contributed by atoms with Crippen LogP contribution in [0.4, 0.5) is 5.82 Å². The van der Waals surface area contributed by atoms with Crippen LogP contribution in [0.15, 0.2) is 12.4 Å². The maximum atomic E-state index is 11.4. The number of amides is 1. The molecule has 2 aliphatic heterocycles. The van der Waals surface area contributed by atoms with Crippen LogP contribution in [0.25, 0.3) is 0 Å². The van der Waals surface area contributed by atoms with Crippen LogP contribution < -0.4 is 5.32 Å². The Kier molecular flexibility index (Phi) is 4.87. The van der Waals surface area contributed by atoms with Crippen LogP contribution >= 0.6 is 0 Å². The summed E-state index contributed by atoms with van der Waals surface area (Å²) in [5.41, 5.74) is 1.04. The molecule has 22 heavy (non-hydrogen) atoms. The van der Waals surface area contributed by atoms with Crippen LogP contribution in [0, 0.1) is 0 Å². The minimum absolute atomic E-state index is 0.166. The van der Waals surface area contributed by atoms with E-state index in [1.54, 1.807) is 6.92 Å². The van der Waals surface area contributed by atoms with Crippen LogP contribution in [0.5, 0.6) is 0 Å². The molecule has 6 nitrogen and oxygen atoms in total. The zero-order valence-electron chi connectivity index (χ0n) is 13.1. The molecule has 3 rings (SSSR count). The van der Waals surface area contributed by atoms with Crippen molar-refractivity contribution in [2.45, 2.75) is 44.6 Å². The third-order valence-corrected chi connectivity index (χ3v) is 4.54. The molecule has 1 aromatic rings. The molecule has 120 valence electrons. The minimum Gasteiger partial charge on any atom is -0.379 e. The lowest BCUT2D eigenvalue weighted by Gasteiger charge is -2.30. The average Bonchev–Trinajstić information content (AvgIpc) is 2.57. The van der Waals surface area contributed by atoms with Crippen LogP contribution in [0.2, 0.25) is 0 Å². The summed E-state index contributed by atoms with van der Waals surface area (Å²) in [7, 11) is 0. The molecule has 0 bridgehead atoms. The highest BCUT2D eigenvalue weighted by Gasteiger charge is 2.23. The van der Waals surface area contributed by atoms with E-state index in [0.717, 1.165) is 63.5 Å². The van der Waals surface area contributed by atoms with Crippen molar-refractivity contribution >= 4 is 11.7 Å². The van der Waals surface area contributed by atoms with Gasteiger partial charge < -0.3 is 15.0 Å². The molecule has 2 saturated heterocycles. The van der Waals surface area contributed by atoms with Crippen molar-refractivity contribution in [2.75, 3.05) is 31.6 Å². The number of nitrogens with one attached hydrogen (secondary N) is 1. The Morgan fingerprint density at radius 3 is 2.68 bits per heavy atom. The molecule has 6 heteroatoms. The monoisotopic (exact) mass is 304 g/mol. The average molecular weight is 304 g/mol. The summed E-state index contributed by atoms with van der Waals surface area (Å²) in [6, 6.07) is 0.340. The summed E-state index contributed by atoms with van der Waals surface area (Å²) in [5, 5.41) is 3.38. The lowest BCUT2D eigenvalue weighted by molar-refractivity contribution is -0.129. The second-order valence-electron chi connectivity index (χ2n) is 6.17. The van der Waals surface area contributed by atoms with Gasteiger partial charge in [0.25, 0.3) is 0 Å². The largest absolute Gasteiger partial charge is 0.379 e. The Bertz CT molecular complexity index is 491. The number of likely N-dealkylation sites (tertiary alicyclic amines) is 1. The third kappa shape index (κ3) is 3.74. The second-order valence-corrected chi connectivity index (χ2v) is 6.17. The predicted octanol–water partition coefficient (Wildman–Crippen LogP) is 1.79. The molecule has 2 fully saturated rings. The SMILES string of the molecule is CC(=O)N1CCC(c2cnc(N[C@H]3CCCOC3)cn2)CC1. The summed E-state index contributed by atoms with van der Waals surface area (Å²) < 4.78 is 5.46. The van der Waals surface area contributed by atoms with Crippen molar-refractivity contribution in [3.05, 3.63) is 18.1 Å². The van der Waals surface area contributed by atoms with E-state index in [4.69, 9.17) is 4.74 Å². The summed E-state index contributed by atoms with van der Waals surface area (Å²) >= 11 is 0. The number of rotatable bonds is 3. The van der Waals surface area contributed by atoms with Crippen molar-refractivity contribution in [3.8, 4) is 0 Å². The fourth-order valence-corrected chi connectivity index (χ4v) is 3.18. The van der Waals surface area contributed by atoms with Gasteiger partial charge in [0.2, 0.25) is 5.91 Å². The lowest BCUT2D eigenvalue weighted by Crippen LogP contribution is -2.36. The summed E-state index contributed by atoms with van der Waals surface area (Å²) in [5.74, 6) is 1.40. The van der Waals surface area contributed by atoms with Gasteiger partial charge in [-0.3, -0.25) is 9.78 Å². The number of hydrogen-bond acceptors (Lipinski definition) is 5. The molecule has 3 heterocycles. The van der Waals surface area contributed by atoms with E-state index in [-0.39, 0.29) is 5.91 Å². The van der Waals surface area contributed by atoms with Gasteiger partial charge in [0.15, 0.2) is 0 Å². The molecule has 0 aliphatic carbocycles. The summed E-state index contributed by atoms with van der Waals surface area (Å²) in [4.78, 5) is 22.3. The first-order chi connectivity index (χ1) is 10.7. The van der Waals surface area contributed by atoms with E-state index in [2.05, 4.69) is 15.3 Å². The van der Waals surface area contributed by atoms with Crippen molar-refractivity contribution in [1.82, 2.24) is 14.9 Å². The van der Waals surface area contributed by atoms with E-state index >= 15 is 0 Å². The van der Waals surface area contributed by atoms with Crippen molar-refractivity contribution in [1.29, 1.82) is 0 Å². The van der Waals surface area contributed by atoms with E-state index in [0.29, 0.717) is 12.0 Å². The molecule has 0 unspecified atom stereocenters. The van der Waals surface area contributed by atoms with E-state index < -0.39 is 0 Å². The van der Waals surface area contributed by atoms with Gasteiger partial charge in [0.05, 0.1) is 30.7 Å². The highest BCUT2D eigenvalue weighted by molar-refractivity contribution is 5.73. The van der Waals surface area contributed by atoms with E-state index in [1.807, 2.05) is 17.3 Å². The van der Waals surface area contributed by atoms with Crippen molar-refractivity contribution < 1.29 is 9.53 Å². The molecule has 1 aromatic heterocycles. The number of piperidine rings is 1. The number of nitrogens with zero attached hydrogens (tertiary/aromatic N) is 3. The Morgan fingerprint density at radius 2 is 2.09 bits per heavy atom. The van der Waals surface area contributed by atoms with Gasteiger partial charge in [-0.05, 0) is 25.7 Å². The molecule has 0 radical (unpaired) electrons. The smallest absolute Gasteiger partial charge is 0.219 e. The molecule has 2 aliphatic rings. The Morgan fingerprint density at radius 1 is 1.27 bits per heavy atom. The number of anilines is 1. The van der Waals surface area contributed by atoms with Crippen molar-refractivity contribution in [2.24, 2.45) is 0 Å². The molecule has 0 saturated carbocycles. The Labute approximate surface area is 131 Å². The van der Waals surface area contributed by atoms with Gasteiger partial charge in [0, 0.05) is 32.5 Å². The fourth-order valence-electron chi connectivity index (χ4n) is 3.18. The number of carbonyl (C=O) groups excluding carboxylic acids is 1. The summed E-state index contributed by atoms with van der Waals surface area (Å²) in [6.07, 6.45) is 7.85. The third-order valence-electron chi connectivity index (χ3n) is 4.54. The van der Waals surface area contributed by atoms with Crippen LogP contribution in [0.3, 0.4) is 0 Å². The zero-order chi connectivity index (χ0) is 15.4. The Balaban J connectivity index is 1.54. The number of ether oxygens (including phenoxy) is 1. The first-order valence-electron chi connectivity index (χ1n) is 8.14. The molecule has 1 atom stereocenters. The van der Waals surface area contributed by atoms with Gasteiger partial charge in [-0.2, -0.15) is 0 Å². The quantitative estimate of drug-likeness (QED) is 0.922. The van der Waals surface area contributed by atoms with Gasteiger partial charge >= 0.3 is 0 Å². The molecule has 1 N–H and O–H groups in total. The second kappa shape index (κ2) is 7.05. The topological polar surface area (TPSA) is 67.4 Å². The number of carbonyl (C=O) groups is 1. The maximum absolute atomic E-state index is 11.4. The van der Waals surface area contributed by atoms with Gasteiger partial charge in [-0.1, -0.05) is 0 Å². The van der Waals surface area contributed by atoms with Gasteiger partial charge in [0.1, 0.15) is 5.82 Å². The number of hydrogen-bond donors (Lipinski definition) is 1. The van der Waals surface area contributed by atoms with Crippen molar-refractivity contribution in [3.63, 3.8) is 0 Å². The highest BCUT2D eigenvalue weighted by atomic mass is 16.5. The van der Waals surface area contributed by atoms with E-state index in [9.17, 15) is 4.79 Å². The lowest BCUT2D eigenvalue weighted by atomic mass is 9.94. The highest BCUT2D eigenvalue weighted by Crippen LogP contribution is 2.26. The summed E-state index contributed by atoms with van der Waals surface area (Å²) in [6.45, 7) is 4.88. The van der Waals surface area contributed by atoms with E-state index in [1.165, 1.54) is 0 Å². The first kappa shape index (κ1) is 15.2. The number of aromatic nitrogens is 2. The first-order valence-corrected chi connectivity index (χ1v) is 8.14. The standard InChI is InChI=1S/C16H24N4O2/c1-12(21)20-6-4-13(5-7-20)15-9-18-16(10-17-15)19-14-3-2-8-22-11-14/h9-10,13-14H,2-8,11H2,1H3,(H,18,19)/t14-/m0/s1. The molecule has 0 spiro atoms. The molecule has 1 amide bonds. The maximum Gasteiger partial charge on any atom is 0.219 e.